The van der Waals surface area contributed by atoms with E-state index in [4.69, 9.17) is 14.2 Å². The fourth-order valence-electron chi connectivity index (χ4n) is 9.36. The van der Waals surface area contributed by atoms with Crippen LogP contribution in [0.3, 0.4) is 0 Å². The zero-order chi connectivity index (χ0) is 53.6. The van der Waals surface area contributed by atoms with Crippen molar-refractivity contribution in [3.05, 3.63) is 60.8 Å². The van der Waals surface area contributed by atoms with Crippen LogP contribution in [0.5, 0.6) is 0 Å². The smallest absolute Gasteiger partial charge is 0.306 e. The lowest BCUT2D eigenvalue weighted by Gasteiger charge is -2.18. The quantitative estimate of drug-likeness (QED) is 0.0261. The Morgan fingerprint density at radius 2 is 0.486 bits per heavy atom. The van der Waals surface area contributed by atoms with Gasteiger partial charge in [-0.2, -0.15) is 0 Å². The van der Waals surface area contributed by atoms with Crippen LogP contribution < -0.4 is 0 Å². The standard InChI is InChI=1S/C68H122O6/c1-4-7-10-13-16-19-22-25-28-30-31-32-33-34-35-36-37-39-40-43-46-49-52-55-58-61-67(70)73-64-65(63-72-66(69)60-57-54-51-48-45-42-27-24-21-18-15-12-9-6-3)74-68(71)62-59-56-53-50-47-44-41-38-29-26-23-20-17-14-11-8-5-2/h17,20,22,25-26,29-31,33-34,65H,4-16,18-19,21,23-24,27-28,32,35-64H2,1-3H3/b20-17-,25-22-,29-26-,31-30-,34-33-. The van der Waals surface area contributed by atoms with Crippen LogP contribution in [0.1, 0.15) is 335 Å². The lowest BCUT2D eigenvalue weighted by atomic mass is 10.0. The molecule has 0 aliphatic heterocycles. The van der Waals surface area contributed by atoms with Crippen LogP contribution >= 0.6 is 0 Å². The molecule has 0 saturated carbocycles. The molecule has 0 N–H and O–H groups in total. The molecule has 0 bridgehead atoms. The third-order valence-corrected chi connectivity index (χ3v) is 14.2. The van der Waals surface area contributed by atoms with Crippen LogP contribution in [-0.2, 0) is 28.6 Å². The average molecular weight is 1040 g/mol. The molecule has 1 atom stereocenters. The second-order valence-electron chi connectivity index (χ2n) is 21.7. The van der Waals surface area contributed by atoms with E-state index in [0.29, 0.717) is 19.3 Å². The van der Waals surface area contributed by atoms with Gasteiger partial charge in [0.25, 0.3) is 0 Å². The predicted octanol–water partition coefficient (Wildman–Crippen LogP) is 21.9. The summed E-state index contributed by atoms with van der Waals surface area (Å²) >= 11 is 0. The second kappa shape index (κ2) is 62.6. The Morgan fingerprint density at radius 1 is 0.270 bits per heavy atom. The SMILES string of the molecule is CCCCC/C=C\C/C=C\CCCCCCCCCC(=O)OC(COC(=O)CCCCCCCCCCCC/C=C\C/C=C\C/C=C\CCCCCCC)COC(=O)CCCCCCCCCCCCCCCC. The Balaban J connectivity index is 4.31. The average Bonchev–Trinajstić information content (AvgIpc) is 3.40. The molecule has 0 aromatic heterocycles. The van der Waals surface area contributed by atoms with Crippen LogP contribution in [0.15, 0.2) is 60.8 Å². The van der Waals surface area contributed by atoms with Crippen LogP contribution in [-0.4, -0.2) is 37.2 Å². The molecule has 0 amide bonds. The number of carbonyl (C=O) groups is 3. The Kier molecular flexibility index (Phi) is 60.2. The lowest BCUT2D eigenvalue weighted by molar-refractivity contribution is -0.167. The van der Waals surface area contributed by atoms with Crippen molar-refractivity contribution in [2.75, 3.05) is 13.2 Å². The van der Waals surface area contributed by atoms with Crippen molar-refractivity contribution >= 4 is 17.9 Å². The molecule has 1 unspecified atom stereocenters. The predicted molar refractivity (Wildman–Crippen MR) is 321 cm³/mol. The molecule has 0 aromatic rings. The lowest BCUT2D eigenvalue weighted by Crippen LogP contribution is -2.30. The molecule has 74 heavy (non-hydrogen) atoms. The van der Waals surface area contributed by atoms with Crippen molar-refractivity contribution in [1.29, 1.82) is 0 Å². The second-order valence-corrected chi connectivity index (χ2v) is 21.7. The molecule has 0 aromatic carbocycles. The summed E-state index contributed by atoms with van der Waals surface area (Å²) in [4.78, 5) is 38.3. The van der Waals surface area contributed by atoms with Crippen molar-refractivity contribution in [1.82, 2.24) is 0 Å². The minimum atomic E-state index is -0.779. The Hall–Kier alpha value is -2.89. The summed E-state index contributed by atoms with van der Waals surface area (Å²) in [5.74, 6) is -0.869. The normalized spacial score (nSPS) is 12.4. The Bertz CT molecular complexity index is 1330. The highest BCUT2D eigenvalue weighted by Gasteiger charge is 2.19. The molecule has 0 rings (SSSR count). The maximum Gasteiger partial charge on any atom is 0.306 e. The maximum atomic E-state index is 12.9. The van der Waals surface area contributed by atoms with Crippen LogP contribution in [0.25, 0.3) is 0 Å². The molecule has 0 spiro atoms. The van der Waals surface area contributed by atoms with Crippen molar-refractivity contribution < 1.29 is 28.6 Å². The number of unbranched alkanes of at least 4 members (excludes halogenated alkanes) is 38. The number of hydrogen-bond donors (Lipinski definition) is 0. The van der Waals surface area contributed by atoms with E-state index in [9.17, 15) is 14.4 Å². The maximum absolute atomic E-state index is 12.9. The molecule has 6 heteroatoms. The first-order chi connectivity index (χ1) is 36.5. The molecule has 0 heterocycles. The van der Waals surface area contributed by atoms with Gasteiger partial charge >= 0.3 is 17.9 Å². The fourth-order valence-corrected chi connectivity index (χ4v) is 9.36. The summed E-state index contributed by atoms with van der Waals surface area (Å²) in [6.45, 7) is 6.64. The van der Waals surface area contributed by atoms with Crippen LogP contribution in [0.4, 0.5) is 0 Å². The molecule has 0 aliphatic rings. The molecule has 0 saturated heterocycles. The zero-order valence-electron chi connectivity index (χ0n) is 49.4. The van der Waals surface area contributed by atoms with E-state index in [-0.39, 0.29) is 31.1 Å². The van der Waals surface area contributed by atoms with Gasteiger partial charge in [-0.1, -0.05) is 287 Å². The van der Waals surface area contributed by atoms with Gasteiger partial charge in [-0.15, -0.1) is 0 Å². The van der Waals surface area contributed by atoms with Gasteiger partial charge in [-0.3, -0.25) is 14.4 Å². The summed E-state index contributed by atoms with van der Waals surface area (Å²) in [7, 11) is 0. The largest absolute Gasteiger partial charge is 0.462 e. The molecule has 0 radical (unpaired) electrons. The first-order valence-corrected chi connectivity index (χ1v) is 32.3. The molecule has 0 aliphatic carbocycles. The van der Waals surface area contributed by atoms with Crippen LogP contribution in [0.2, 0.25) is 0 Å². The van der Waals surface area contributed by atoms with Crippen molar-refractivity contribution in [3.63, 3.8) is 0 Å². The number of ether oxygens (including phenoxy) is 3. The molecular weight excluding hydrogens is 913 g/mol. The first-order valence-electron chi connectivity index (χ1n) is 32.3. The molecule has 430 valence electrons. The summed E-state index contributed by atoms with van der Waals surface area (Å²) in [5, 5.41) is 0. The van der Waals surface area contributed by atoms with E-state index in [1.807, 2.05) is 0 Å². The zero-order valence-corrected chi connectivity index (χ0v) is 49.4. The monoisotopic (exact) mass is 1030 g/mol. The van der Waals surface area contributed by atoms with E-state index < -0.39 is 6.10 Å². The van der Waals surface area contributed by atoms with Gasteiger partial charge < -0.3 is 14.2 Å². The summed E-state index contributed by atoms with van der Waals surface area (Å²) in [5.41, 5.74) is 0. The number of carbonyl (C=O) groups excluding carboxylic acids is 3. The van der Waals surface area contributed by atoms with Gasteiger partial charge in [-0.25, -0.2) is 0 Å². The molecular formula is C68H122O6. The summed E-state index contributed by atoms with van der Waals surface area (Å²) in [6, 6.07) is 0. The Labute approximate surface area is 460 Å². The highest BCUT2D eigenvalue weighted by Crippen LogP contribution is 2.17. The van der Waals surface area contributed by atoms with E-state index in [2.05, 4.69) is 81.5 Å². The third-order valence-electron chi connectivity index (χ3n) is 14.2. The van der Waals surface area contributed by atoms with Crippen molar-refractivity contribution in [2.24, 2.45) is 0 Å². The third kappa shape index (κ3) is 60.0. The van der Waals surface area contributed by atoms with E-state index >= 15 is 0 Å². The Morgan fingerprint density at radius 3 is 0.784 bits per heavy atom. The van der Waals surface area contributed by atoms with E-state index in [1.165, 1.54) is 212 Å². The topological polar surface area (TPSA) is 78.9 Å². The molecule has 6 nitrogen and oxygen atoms in total. The highest BCUT2D eigenvalue weighted by molar-refractivity contribution is 5.71. The van der Waals surface area contributed by atoms with Gasteiger partial charge in [0.15, 0.2) is 6.10 Å². The van der Waals surface area contributed by atoms with Gasteiger partial charge in [0.2, 0.25) is 0 Å². The van der Waals surface area contributed by atoms with Crippen LogP contribution in [0, 0.1) is 0 Å². The number of rotatable bonds is 59. The van der Waals surface area contributed by atoms with Gasteiger partial charge in [0, 0.05) is 19.3 Å². The van der Waals surface area contributed by atoms with Gasteiger partial charge in [0.05, 0.1) is 0 Å². The van der Waals surface area contributed by atoms with E-state index in [0.717, 1.165) is 83.5 Å². The minimum absolute atomic E-state index is 0.0753. The molecule has 0 fully saturated rings. The first kappa shape index (κ1) is 71.1. The number of hydrogen-bond acceptors (Lipinski definition) is 6. The van der Waals surface area contributed by atoms with Gasteiger partial charge in [-0.05, 0) is 89.9 Å². The fraction of sp³-hybridized carbons (Fsp3) is 0.809. The highest BCUT2D eigenvalue weighted by atomic mass is 16.6. The summed E-state index contributed by atoms with van der Waals surface area (Å²) < 4.78 is 16.9. The number of esters is 3. The minimum Gasteiger partial charge on any atom is -0.462 e. The van der Waals surface area contributed by atoms with Crippen molar-refractivity contribution in [3.8, 4) is 0 Å². The van der Waals surface area contributed by atoms with Crippen molar-refractivity contribution in [2.45, 2.75) is 341 Å². The number of allylic oxidation sites excluding steroid dienone is 10. The van der Waals surface area contributed by atoms with E-state index in [1.54, 1.807) is 0 Å². The summed E-state index contributed by atoms with van der Waals surface area (Å²) in [6.07, 6.45) is 79.3. The van der Waals surface area contributed by atoms with Gasteiger partial charge in [0.1, 0.15) is 13.2 Å².